The van der Waals surface area contributed by atoms with Crippen molar-refractivity contribution in [2.24, 2.45) is 17.6 Å². The van der Waals surface area contributed by atoms with Gasteiger partial charge in [0.1, 0.15) is 5.84 Å². The Hall–Kier alpha value is -1.51. The highest BCUT2D eigenvalue weighted by Crippen LogP contribution is 2.30. The molecule has 1 aromatic carbocycles. The molecule has 1 saturated heterocycles. The van der Waals surface area contributed by atoms with Crippen LogP contribution in [0.5, 0.6) is 0 Å². The summed E-state index contributed by atoms with van der Waals surface area (Å²) >= 11 is 0. The third-order valence-corrected chi connectivity index (χ3v) is 4.27. The Morgan fingerprint density at radius 3 is 2.47 bits per heavy atom. The Balaban J connectivity index is 2.17. The molecular weight excluding hydrogens is 234 g/mol. The molecule has 2 rings (SSSR count). The Kier molecular flexibility index (Phi) is 4.13. The normalized spacial score (nSPS) is 16.9. The summed E-state index contributed by atoms with van der Waals surface area (Å²) in [4.78, 5) is 2.38. The molecule has 0 spiro atoms. The number of nitrogens with one attached hydrogen (secondary N) is 1. The summed E-state index contributed by atoms with van der Waals surface area (Å²) in [6.45, 7) is 8.82. The third kappa shape index (κ3) is 3.09. The van der Waals surface area contributed by atoms with Crippen LogP contribution in [0.1, 0.15) is 37.8 Å². The summed E-state index contributed by atoms with van der Waals surface area (Å²) in [7, 11) is 0. The van der Waals surface area contributed by atoms with E-state index in [0.717, 1.165) is 41.7 Å². The van der Waals surface area contributed by atoms with Gasteiger partial charge in [0.25, 0.3) is 0 Å². The Labute approximate surface area is 116 Å². The van der Waals surface area contributed by atoms with Crippen LogP contribution < -0.4 is 10.6 Å². The highest BCUT2D eigenvalue weighted by atomic mass is 15.1. The summed E-state index contributed by atoms with van der Waals surface area (Å²) in [5.74, 6) is 1.78. The fourth-order valence-electron chi connectivity index (χ4n) is 2.95. The second kappa shape index (κ2) is 5.64. The maximum Gasteiger partial charge on any atom is 0.124 e. The van der Waals surface area contributed by atoms with Crippen molar-refractivity contribution in [3.63, 3.8) is 0 Å². The zero-order valence-electron chi connectivity index (χ0n) is 12.2. The fourth-order valence-corrected chi connectivity index (χ4v) is 2.95. The number of piperidine rings is 1. The minimum Gasteiger partial charge on any atom is -0.384 e. The molecular formula is C16H25N3. The zero-order chi connectivity index (χ0) is 14.0. The zero-order valence-corrected chi connectivity index (χ0v) is 12.2. The predicted molar refractivity (Wildman–Crippen MR) is 82.0 cm³/mol. The summed E-state index contributed by atoms with van der Waals surface area (Å²) in [6.07, 6.45) is 2.48. The van der Waals surface area contributed by atoms with Gasteiger partial charge in [-0.1, -0.05) is 25.5 Å². The number of rotatable bonds is 3. The molecule has 19 heavy (non-hydrogen) atoms. The first-order chi connectivity index (χ1) is 8.99. The number of aryl methyl sites for hydroxylation is 1. The van der Waals surface area contributed by atoms with Crippen molar-refractivity contribution >= 4 is 11.5 Å². The minimum absolute atomic E-state index is 0.171. The van der Waals surface area contributed by atoms with Crippen molar-refractivity contribution in [2.45, 2.75) is 33.6 Å². The van der Waals surface area contributed by atoms with E-state index in [-0.39, 0.29) is 5.84 Å². The topological polar surface area (TPSA) is 53.1 Å². The fraction of sp³-hybridized carbons (Fsp3) is 0.562. The van der Waals surface area contributed by atoms with Gasteiger partial charge in [-0.15, -0.1) is 0 Å². The number of nitrogen functional groups attached to an aromatic ring is 1. The first kappa shape index (κ1) is 13.9. The molecule has 1 aromatic rings. The molecule has 0 amide bonds. The number of nitrogens with zero attached hydrogens (tertiary/aromatic N) is 1. The van der Waals surface area contributed by atoms with E-state index in [1.807, 2.05) is 13.0 Å². The molecule has 1 aliphatic rings. The van der Waals surface area contributed by atoms with Crippen LogP contribution in [-0.2, 0) is 0 Å². The first-order valence-corrected chi connectivity index (χ1v) is 7.19. The third-order valence-electron chi connectivity index (χ3n) is 4.27. The molecule has 0 aromatic heterocycles. The molecule has 0 saturated carbocycles. The largest absolute Gasteiger partial charge is 0.384 e. The summed E-state index contributed by atoms with van der Waals surface area (Å²) in [5.41, 5.74) is 8.88. The van der Waals surface area contributed by atoms with Gasteiger partial charge in [0.2, 0.25) is 0 Å². The molecule has 3 N–H and O–H groups in total. The molecule has 0 radical (unpaired) electrons. The number of benzene rings is 1. The number of amidine groups is 1. The van der Waals surface area contributed by atoms with E-state index in [2.05, 4.69) is 30.9 Å². The van der Waals surface area contributed by atoms with Crippen molar-refractivity contribution in [1.82, 2.24) is 0 Å². The molecule has 0 unspecified atom stereocenters. The van der Waals surface area contributed by atoms with Crippen LogP contribution in [0.25, 0.3) is 0 Å². The highest BCUT2D eigenvalue weighted by molar-refractivity contribution is 6.00. The van der Waals surface area contributed by atoms with Crippen molar-refractivity contribution in [2.75, 3.05) is 18.0 Å². The molecule has 0 atom stereocenters. The lowest BCUT2D eigenvalue weighted by molar-refractivity contribution is 0.311. The molecule has 0 aliphatic carbocycles. The van der Waals surface area contributed by atoms with Crippen LogP contribution in [0, 0.1) is 24.2 Å². The molecule has 104 valence electrons. The van der Waals surface area contributed by atoms with Crippen molar-refractivity contribution < 1.29 is 0 Å². The van der Waals surface area contributed by atoms with Crippen LogP contribution in [0.3, 0.4) is 0 Å². The van der Waals surface area contributed by atoms with Crippen LogP contribution in [0.15, 0.2) is 18.2 Å². The number of nitrogens with two attached hydrogens (primary N) is 1. The smallest absolute Gasteiger partial charge is 0.124 e. The van der Waals surface area contributed by atoms with Crippen LogP contribution in [0.2, 0.25) is 0 Å². The Morgan fingerprint density at radius 1 is 1.32 bits per heavy atom. The van der Waals surface area contributed by atoms with Gasteiger partial charge in [-0.3, -0.25) is 5.41 Å². The van der Waals surface area contributed by atoms with Crippen molar-refractivity contribution in [3.8, 4) is 0 Å². The first-order valence-electron chi connectivity index (χ1n) is 7.19. The lowest BCUT2D eigenvalue weighted by Crippen LogP contribution is -2.36. The number of hydrogen-bond donors (Lipinski definition) is 2. The van der Waals surface area contributed by atoms with E-state index >= 15 is 0 Å². The molecule has 1 heterocycles. The molecule has 1 fully saturated rings. The Bertz CT molecular complexity index is 457. The second-order valence-corrected chi connectivity index (χ2v) is 6.00. The van der Waals surface area contributed by atoms with Gasteiger partial charge in [0.15, 0.2) is 0 Å². The van der Waals surface area contributed by atoms with E-state index in [0.29, 0.717) is 0 Å². The van der Waals surface area contributed by atoms with Gasteiger partial charge < -0.3 is 10.6 Å². The van der Waals surface area contributed by atoms with Gasteiger partial charge >= 0.3 is 0 Å². The monoisotopic (exact) mass is 259 g/mol. The van der Waals surface area contributed by atoms with Gasteiger partial charge in [-0.05, 0) is 43.7 Å². The van der Waals surface area contributed by atoms with Crippen molar-refractivity contribution in [3.05, 3.63) is 29.3 Å². The second-order valence-electron chi connectivity index (χ2n) is 6.00. The van der Waals surface area contributed by atoms with Gasteiger partial charge in [-0.2, -0.15) is 0 Å². The van der Waals surface area contributed by atoms with Crippen LogP contribution in [-0.4, -0.2) is 18.9 Å². The van der Waals surface area contributed by atoms with E-state index < -0.39 is 0 Å². The average Bonchev–Trinajstić information content (AvgIpc) is 2.38. The van der Waals surface area contributed by atoms with Crippen LogP contribution >= 0.6 is 0 Å². The van der Waals surface area contributed by atoms with E-state index in [1.165, 1.54) is 12.8 Å². The summed E-state index contributed by atoms with van der Waals surface area (Å²) < 4.78 is 0. The summed E-state index contributed by atoms with van der Waals surface area (Å²) in [6, 6.07) is 6.24. The van der Waals surface area contributed by atoms with Gasteiger partial charge in [0.05, 0.1) is 0 Å². The number of anilines is 1. The quantitative estimate of drug-likeness (QED) is 0.647. The standard InChI is InChI=1S/C16H25N3/c1-11(2)13-6-8-19(9-7-13)15-5-4-12(3)10-14(15)16(17)18/h4-5,10-11,13H,6-9H2,1-3H3,(H3,17,18). The lowest BCUT2D eigenvalue weighted by Gasteiger charge is -2.36. The average molecular weight is 259 g/mol. The predicted octanol–water partition coefficient (Wildman–Crippen LogP) is 3.15. The molecule has 0 bridgehead atoms. The van der Waals surface area contributed by atoms with Gasteiger partial charge in [0, 0.05) is 24.3 Å². The lowest BCUT2D eigenvalue weighted by atomic mass is 9.86. The van der Waals surface area contributed by atoms with E-state index in [1.54, 1.807) is 0 Å². The van der Waals surface area contributed by atoms with E-state index in [9.17, 15) is 0 Å². The molecule has 1 aliphatic heterocycles. The van der Waals surface area contributed by atoms with Gasteiger partial charge in [-0.25, -0.2) is 0 Å². The molecule has 3 heteroatoms. The summed E-state index contributed by atoms with van der Waals surface area (Å²) in [5, 5.41) is 7.75. The maximum atomic E-state index is 7.75. The van der Waals surface area contributed by atoms with E-state index in [4.69, 9.17) is 11.1 Å². The molecule has 3 nitrogen and oxygen atoms in total. The SMILES string of the molecule is Cc1ccc(N2CCC(C(C)C)CC2)c(C(=N)N)c1. The van der Waals surface area contributed by atoms with Crippen LogP contribution in [0.4, 0.5) is 5.69 Å². The van der Waals surface area contributed by atoms with Crippen molar-refractivity contribution in [1.29, 1.82) is 5.41 Å². The number of hydrogen-bond acceptors (Lipinski definition) is 2. The Morgan fingerprint density at radius 2 is 1.95 bits per heavy atom. The minimum atomic E-state index is 0.171. The highest BCUT2D eigenvalue weighted by Gasteiger charge is 2.23. The maximum absolute atomic E-state index is 7.75.